The lowest BCUT2D eigenvalue weighted by Gasteiger charge is -2.35. The summed E-state index contributed by atoms with van der Waals surface area (Å²) in [7, 11) is 0. The van der Waals surface area contributed by atoms with Crippen molar-refractivity contribution in [3.05, 3.63) is 100 Å². The fourth-order valence-corrected chi connectivity index (χ4v) is 5.03. The first-order valence-corrected chi connectivity index (χ1v) is 13.4. The summed E-state index contributed by atoms with van der Waals surface area (Å²) in [6.07, 6.45) is 1.58. The van der Waals surface area contributed by atoms with Gasteiger partial charge in [-0.3, -0.25) is 4.90 Å². The number of imidazole rings is 1. The van der Waals surface area contributed by atoms with Crippen molar-refractivity contribution in [2.24, 2.45) is 0 Å². The molecule has 1 aliphatic rings. The second-order valence-electron chi connectivity index (χ2n) is 9.72. The van der Waals surface area contributed by atoms with Gasteiger partial charge in [-0.1, -0.05) is 28.9 Å². The summed E-state index contributed by atoms with van der Waals surface area (Å²) in [5.41, 5.74) is 2.06. The van der Waals surface area contributed by atoms with Gasteiger partial charge in [0.05, 0.1) is 35.9 Å². The number of piperazine rings is 1. The van der Waals surface area contributed by atoms with Crippen molar-refractivity contribution in [3.8, 4) is 5.88 Å². The second-order valence-corrected chi connectivity index (χ2v) is 10.2. The Bertz CT molecular complexity index is 1680. The Balaban J connectivity index is 1.13. The number of rotatable bonds is 9. The average molecular weight is 577 g/mol. The lowest BCUT2D eigenvalue weighted by atomic mass is 10.2. The predicted molar refractivity (Wildman–Crippen MR) is 150 cm³/mol. The summed E-state index contributed by atoms with van der Waals surface area (Å²) in [5, 5.41) is 13.6. The van der Waals surface area contributed by atoms with Crippen molar-refractivity contribution in [2.75, 3.05) is 31.1 Å². The number of hydrogen-bond donors (Lipinski definition) is 1. The monoisotopic (exact) mass is 576 g/mol. The van der Waals surface area contributed by atoms with Crippen LogP contribution in [0.2, 0.25) is 5.02 Å². The Morgan fingerprint density at radius 1 is 1.02 bits per heavy atom. The number of nitrogens with zero attached hydrogens (tertiary/aromatic N) is 6. The second kappa shape index (κ2) is 11.6. The minimum Gasteiger partial charge on any atom is -0.478 e. The van der Waals surface area contributed by atoms with Crippen molar-refractivity contribution in [1.29, 1.82) is 0 Å². The molecule has 0 spiro atoms. The van der Waals surface area contributed by atoms with Crippen LogP contribution >= 0.6 is 11.6 Å². The SMILES string of the molecule is O=C(O)c1ccc2nc(CN3CCN(c4cccc(OCc5ccc(Cl)cc5F)n4)CC3)n(Cc3ccno3)c2c1. The highest BCUT2D eigenvalue weighted by Crippen LogP contribution is 2.24. The maximum atomic E-state index is 14.1. The number of ether oxygens (including phenoxy) is 1. The minimum absolute atomic E-state index is 0.0518. The number of aromatic carboxylic acids is 1. The van der Waals surface area contributed by atoms with Gasteiger partial charge >= 0.3 is 5.97 Å². The van der Waals surface area contributed by atoms with Gasteiger partial charge < -0.3 is 23.8 Å². The van der Waals surface area contributed by atoms with Crippen LogP contribution in [0.4, 0.5) is 10.2 Å². The number of carboxylic acids is 1. The van der Waals surface area contributed by atoms with E-state index in [0.29, 0.717) is 35.3 Å². The molecule has 1 N–H and O–H groups in total. The van der Waals surface area contributed by atoms with E-state index in [1.165, 1.54) is 6.07 Å². The lowest BCUT2D eigenvalue weighted by molar-refractivity contribution is 0.0697. The smallest absolute Gasteiger partial charge is 0.335 e. The first kappa shape index (κ1) is 26.7. The van der Waals surface area contributed by atoms with Crippen LogP contribution in [0.5, 0.6) is 5.88 Å². The van der Waals surface area contributed by atoms with Crippen molar-refractivity contribution in [1.82, 2.24) is 24.6 Å². The number of hydrogen-bond acceptors (Lipinski definition) is 8. The first-order chi connectivity index (χ1) is 19.9. The molecule has 0 amide bonds. The molecule has 4 heterocycles. The molecule has 0 saturated carbocycles. The van der Waals surface area contributed by atoms with Crippen molar-refractivity contribution < 1.29 is 23.6 Å². The molecule has 1 saturated heterocycles. The minimum atomic E-state index is -0.989. The summed E-state index contributed by atoms with van der Waals surface area (Å²) in [6, 6.07) is 16.8. The lowest BCUT2D eigenvalue weighted by Crippen LogP contribution is -2.46. The molecular formula is C29H26ClFN6O4. The molecule has 0 aliphatic carbocycles. The molecule has 0 unspecified atom stereocenters. The maximum Gasteiger partial charge on any atom is 0.335 e. The van der Waals surface area contributed by atoms with E-state index in [1.54, 1.807) is 48.7 Å². The maximum absolute atomic E-state index is 14.1. The molecule has 10 nitrogen and oxygen atoms in total. The van der Waals surface area contributed by atoms with E-state index in [4.69, 9.17) is 25.8 Å². The summed E-state index contributed by atoms with van der Waals surface area (Å²) in [4.78, 5) is 25.5. The van der Waals surface area contributed by atoms with Crippen LogP contribution in [-0.4, -0.2) is 61.8 Å². The topological polar surface area (TPSA) is 110 Å². The number of halogens is 2. The Labute approximate surface area is 239 Å². The number of benzene rings is 2. The van der Waals surface area contributed by atoms with Gasteiger partial charge in [-0.15, -0.1) is 0 Å². The normalized spacial score (nSPS) is 14.0. The molecule has 0 radical (unpaired) electrons. The molecule has 0 bridgehead atoms. The molecule has 12 heteroatoms. The Morgan fingerprint density at radius 3 is 2.63 bits per heavy atom. The van der Waals surface area contributed by atoms with Crippen molar-refractivity contribution in [2.45, 2.75) is 19.7 Å². The average Bonchev–Trinajstić information content (AvgIpc) is 3.61. The molecule has 2 aromatic carbocycles. The summed E-state index contributed by atoms with van der Waals surface area (Å²) in [5.74, 6) is 1.27. The van der Waals surface area contributed by atoms with Gasteiger partial charge in [0.25, 0.3) is 0 Å². The van der Waals surface area contributed by atoms with Crippen LogP contribution in [0.25, 0.3) is 11.0 Å². The molecule has 1 fully saturated rings. The van der Waals surface area contributed by atoms with Crippen molar-refractivity contribution in [3.63, 3.8) is 0 Å². The number of carbonyl (C=O) groups is 1. The highest BCUT2D eigenvalue weighted by atomic mass is 35.5. The zero-order valence-electron chi connectivity index (χ0n) is 21.9. The quantitative estimate of drug-likeness (QED) is 0.263. The van der Waals surface area contributed by atoms with E-state index in [0.717, 1.165) is 48.9 Å². The van der Waals surface area contributed by atoms with E-state index in [1.807, 2.05) is 16.7 Å². The third-order valence-corrected chi connectivity index (χ3v) is 7.28. The molecule has 5 aromatic rings. The van der Waals surface area contributed by atoms with Gasteiger partial charge in [0, 0.05) is 48.9 Å². The van der Waals surface area contributed by atoms with Crippen LogP contribution < -0.4 is 9.64 Å². The zero-order chi connectivity index (χ0) is 28.3. The number of fused-ring (bicyclic) bond motifs is 1. The molecule has 41 heavy (non-hydrogen) atoms. The van der Waals surface area contributed by atoms with E-state index in [-0.39, 0.29) is 12.2 Å². The highest BCUT2D eigenvalue weighted by molar-refractivity contribution is 6.30. The van der Waals surface area contributed by atoms with Crippen molar-refractivity contribution >= 4 is 34.4 Å². The zero-order valence-corrected chi connectivity index (χ0v) is 22.7. The molecule has 1 aliphatic heterocycles. The van der Waals surface area contributed by atoms with Crippen LogP contribution in [-0.2, 0) is 19.7 Å². The summed E-state index contributed by atoms with van der Waals surface area (Å²) < 4.78 is 27.2. The molecule has 210 valence electrons. The standard InChI is InChI=1S/C29H26ClFN6O4/c30-21-6-4-20(23(31)15-21)18-40-28-3-1-2-26(34-28)36-12-10-35(11-13-36)17-27-33-24-7-5-19(29(38)39)14-25(24)37(27)16-22-8-9-32-41-22/h1-9,14-15H,10-13,16-18H2,(H,38,39). The highest BCUT2D eigenvalue weighted by Gasteiger charge is 2.22. The third kappa shape index (κ3) is 6.01. The van der Waals surface area contributed by atoms with Gasteiger partial charge in [-0.2, -0.15) is 4.98 Å². The fraction of sp³-hybridized carbons (Fsp3) is 0.241. The van der Waals surface area contributed by atoms with Crippen LogP contribution in [0, 0.1) is 5.82 Å². The van der Waals surface area contributed by atoms with E-state index >= 15 is 0 Å². The van der Waals surface area contributed by atoms with Crippen LogP contribution in [0.1, 0.15) is 27.5 Å². The third-order valence-electron chi connectivity index (χ3n) is 7.04. The van der Waals surface area contributed by atoms with Gasteiger partial charge in [0.15, 0.2) is 5.76 Å². The predicted octanol–water partition coefficient (Wildman–Crippen LogP) is 4.86. The van der Waals surface area contributed by atoms with Gasteiger partial charge in [0.1, 0.15) is 24.1 Å². The molecule has 6 rings (SSSR count). The Morgan fingerprint density at radius 2 is 1.88 bits per heavy atom. The largest absolute Gasteiger partial charge is 0.478 e. The number of carboxylic acid groups (broad SMARTS) is 1. The molecule has 0 atom stereocenters. The van der Waals surface area contributed by atoms with Gasteiger partial charge in [-0.25, -0.2) is 14.2 Å². The van der Waals surface area contributed by atoms with E-state index < -0.39 is 11.8 Å². The molecule has 3 aromatic heterocycles. The van der Waals surface area contributed by atoms with Crippen LogP contribution in [0.3, 0.4) is 0 Å². The molecular weight excluding hydrogens is 551 g/mol. The van der Waals surface area contributed by atoms with Gasteiger partial charge in [-0.05, 0) is 36.4 Å². The van der Waals surface area contributed by atoms with E-state index in [9.17, 15) is 14.3 Å². The number of pyridine rings is 1. The Kier molecular flexibility index (Phi) is 7.53. The summed E-state index contributed by atoms with van der Waals surface area (Å²) >= 11 is 5.83. The summed E-state index contributed by atoms with van der Waals surface area (Å²) in [6.45, 7) is 4.06. The van der Waals surface area contributed by atoms with Crippen LogP contribution in [0.15, 0.2) is 71.4 Å². The van der Waals surface area contributed by atoms with E-state index in [2.05, 4.69) is 19.9 Å². The number of aromatic nitrogens is 4. The fourth-order valence-electron chi connectivity index (χ4n) is 4.87. The Hall–Kier alpha value is -4.48. The van der Waals surface area contributed by atoms with Gasteiger partial charge in [0.2, 0.25) is 5.88 Å². The first-order valence-electron chi connectivity index (χ1n) is 13.1. The number of anilines is 1.